The predicted octanol–water partition coefficient (Wildman–Crippen LogP) is 2.51. The summed E-state index contributed by atoms with van der Waals surface area (Å²) in [4.78, 5) is 0. The van der Waals surface area contributed by atoms with Crippen molar-refractivity contribution in [2.24, 2.45) is 5.92 Å². The van der Waals surface area contributed by atoms with E-state index in [1.807, 2.05) is 25.1 Å². The van der Waals surface area contributed by atoms with Gasteiger partial charge in [-0.15, -0.1) is 0 Å². The van der Waals surface area contributed by atoms with Gasteiger partial charge in [0, 0.05) is 13.2 Å². The minimum atomic E-state index is 0.623. The molecule has 1 aliphatic carbocycles. The first-order valence-electron chi connectivity index (χ1n) is 6.64. The molecule has 2 rings (SSSR count). The summed E-state index contributed by atoms with van der Waals surface area (Å²) in [6.07, 6.45) is 2.66. The van der Waals surface area contributed by atoms with Gasteiger partial charge in [-0.05, 0) is 37.8 Å². The number of anilines is 2. The van der Waals surface area contributed by atoms with Crippen LogP contribution in [0.3, 0.4) is 0 Å². The highest BCUT2D eigenvalue weighted by Gasteiger charge is 2.20. The van der Waals surface area contributed by atoms with Crippen LogP contribution in [0.4, 0.5) is 11.4 Å². The fraction of sp³-hybridized carbons (Fsp3) is 0.571. The highest BCUT2D eigenvalue weighted by molar-refractivity contribution is 5.72. The van der Waals surface area contributed by atoms with E-state index in [1.165, 1.54) is 12.8 Å². The molecule has 4 heteroatoms. The summed E-state index contributed by atoms with van der Waals surface area (Å²) in [6, 6.07) is 5.78. The number of nitrogens with one attached hydrogen (secondary N) is 1. The van der Waals surface area contributed by atoms with E-state index in [9.17, 15) is 0 Å². The Hall–Kier alpha value is -1.42. The summed E-state index contributed by atoms with van der Waals surface area (Å²) in [5.41, 5.74) is 7.60. The molecule has 0 saturated heterocycles. The van der Waals surface area contributed by atoms with Gasteiger partial charge in [-0.3, -0.25) is 0 Å². The van der Waals surface area contributed by atoms with Gasteiger partial charge in [0.05, 0.1) is 24.6 Å². The zero-order valence-electron chi connectivity index (χ0n) is 10.9. The van der Waals surface area contributed by atoms with Crippen LogP contribution in [0.1, 0.15) is 19.8 Å². The lowest BCUT2D eigenvalue weighted by atomic mass is 10.2. The molecule has 18 heavy (non-hydrogen) atoms. The highest BCUT2D eigenvalue weighted by atomic mass is 16.5. The molecule has 4 nitrogen and oxygen atoms in total. The zero-order valence-corrected chi connectivity index (χ0v) is 10.9. The van der Waals surface area contributed by atoms with Crippen LogP contribution in [0, 0.1) is 5.92 Å². The van der Waals surface area contributed by atoms with Crippen LogP contribution in [0.15, 0.2) is 18.2 Å². The average Bonchev–Trinajstić information content (AvgIpc) is 3.17. The minimum Gasteiger partial charge on any atom is -0.492 e. The molecule has 0 atom stereocenters. The molecule has 0 spiro atoms. The second kappa shape index (κ2) is 6.50. The number of benzene rings is 1. The molecule has 100 valence electrons. The number of nitrogens with two attached hydrogens (primary N) is 1. The summed E-state index contributed by atoms with van der Waals surface area (Å²) in [5, 5.41) is 3.28. The van der Waals surface area contributed by atoms with Crippen molar-refractivity contribution in [3.8, 4) is 5.75 Å². The van der Waals surface area contributed by atoms with Crippen molar-refractivity contribution >= 4 is 11.4 Å². The Morgan fingerprint density at radius 3 is 2.94 bits per heavy atom. The first-order chi connectivity index (χ1) is 8.81. The van der Waals surface area contributed by atoms with Crippen molar-refractivity contribution in [1.82, 2.24) is 0 Å². The summed E-state index contributed by atoms with van der Waals surface area (Å²) >= 11 is 0. The zero-order chi connectivity index (χ0) is 12.8. The molecule has 3 N–H and O–H groups in total. The number of hydrogen-bond acceptors (Lipinski definition) is 4. The first-order valence-corrected chi connectivity index (χ1v) is 6.64. The maximum atomic E-state index is 6.01. The Bertz CT molecular complexity index is 378. The number of nitrogen functional groups attached to an aromatic ring is 1. The van der Waals surface area contributed by atoms with Crippen molar-refractivity contribution in [3.05, 3.63) is 18.2 Å². The van der Waals surface area contributed by atoms with E-state index in [4.69, 9.17) is 15.2 Å². The van der Waals surface area contributed by atoms with Crippen LogP contribution in [0.5, 0.6) is 5.75 Å². The Morgan fingerprint density at radius 1 is 1.39 bits per heavy atom. The monoisotopic (exact) mass is 250 g/mol. The molecule has 0 radical (unpaired) electrons. The quantitative estimate of drug-likeness (QED) is 0.550. The fourth-order valence-electron chi connectivity index (χ4n) is 1.77. The van der Waals surface area contributed by atoms with Gasteiger partial charge in [-0.25, -0.2) is 0 Å². The maximum absolute atomic E-state index is 6.01. The number of ether oxygens (including phenoxy) is 2. The summed E-state index contributed by atoms with van der Waals surface area (Å²) in [7, 11) is 0. The lowest BCUT2D eigenvalue weighted by molar-refractivity contribution is 0.134. The van der Waals surface area contributed by atoms with Crippen LogP contribution >= 0.6 is 0 Å². The van der Waals surface area contributed by atoms with Gasteiger partial charge >= 0.3 is 0 Å². The Balaban J connectivity index is 1.75. The molecule has 1 aromatic rings. The van der Waals surface area contributed by atoms with Crippen molar-refractivity contribution in [2.75, 3.05) is 37.4 Å². The third-order valence-corrected chi connectivity index (χ3v) is 2.98. The van der Waals surface area contributed by atoms with Crippen molar-refractivity contribution in [3.63, 3.8) is 0 Å². The molecule has 0 bridgehead atoms. The molecule has 0 amide bonds. The molecule has 1 aromatic carbocycles. The summed E-state index contributed by atoms with van der Waals surface area (Å²) in [5.74, 6) is 1.55. The number of para-hydroxylation sites is 1. The van der Waals surface area contributed by atoms with Gasteiger partial charge in [-0.1, -0.05) is 6.07 Å². The second-order valence-electron chi connectivity index (χ2n) is 4.60. The molecular formula is C14H22N2O2. The van der Waals surface area contributed by atoms with Crippen molar-refractivity contribution < 1.29 is 9.47 Å². The SMILES string of the molecule is CCOc1cccc(NCCOCC2CC2)c1N. The largest absolute Gasteiger partial charge is 0.492 e. The smallest absolute Gasteiger partial charge is 0.144 e. The van der Waals surface area contributed by atoms with Crippen molar-refractivity contribution in [1.29, 1.82) is 0 Å². The van der Waals surface area contributed by atoms with Crippen LogP contribution in [-0.4, -0.2) is 26.4 Å². The number of hydrogen-bond donors (Lipinski definition) is 2. The van der Waals surface area contributed by atoms with Crippen LogP contribution in [0.2, 0.25) is 0 Å². The standard InChI is InChI=1S/C14H22N2O2/c1-2-18-13-5-3-4-12(14(13)15)16-8-9-17-10-11-6-7-11/h3-5,11,16H,2,6-10,15H2,1H3. The summed E-state index contributed by atoms with van der Waals surface area (Å²) < 4.78 is 11.0. The van der Waals surface area contributed by atoms with Crippen LogP contribution in [0.25, 0.3) is 0 Å². The fourth-order valence-corrected chi connectivity index (χ4v) is 1.77. The Kier molecular flexibility index (Phi) is 4.70. The van der Waals surface area contributed by atoms with Crippen molar-refractivity contribution in [2.45, 2.75) is 19.8 Å². The van der Waals surface area contributed by atoms with E-state index < -0.39 is 0 Å². The normalized spacial score (nSPS) is 14.5. The molecule has 1 saturated carbocycles. The Labute approximate surface area is 108 Å². The van der Waals surface area contributed by atoms with E-state index in [0.29, 0.717) is 12.3 Å². The molecule has 1 fully saturated rings. The lowest BCUT2D eigenvalue weighted by Gasteiger charge is -2.13. The first kappa shape index (κ1) is 13.0. The van der Waals surface area contributed by atoms with E-state index in [-0.39, 0.29) is 0 Å². The third-order valence-electron chi connectivity index (χ3n) is 2.98. The highest BCUT2D eigenvalue weighted by Crippen LogP contribution is 2.30. The third kappa shape index (κ3) is 3.81. The van der Waals surface area contributed by atoms with E-state index >= 15 is 0 Å². The van der Waals surface area contributed by atoms with Gasteiger partial charge in [0.2, 0.25) is 0 Å². The predicted molar refractivity (Wildman–Crippen MR) is 74.1 cm³/mol. The van der Waals surface area contributed by atoms with Gasteiger partial charge in [0.15, 0.2) is 0 Å². The summed E-state index contributed by atoms with van der Waals surface area (Å²) in [6.45, 7) is 4.96. The molecule has 0 aromatic heterocycles. The average molecular weight is 250 g/mol. The number of rotatable bonds is 8. The van der Waals surface area contributed by atoms with Gasteiger partial charge in [0.1, 0.15) is 5.75 Å². The lowest BCUT2D eigenvalue weighted by Crippen LogP contribution is -2.12. The van der Waals surface area contributed by atoms with E-state index in [2.05, 4.69) is 5.32 Å². The topological polar surface area (TPSA) is 56.5 Å². The van der Waals surface area contributed by atoms with E-state index in [0.717, 1.165) is 37.1 Å². The van der Waals surface area contributed by atoms with Gasteiger partial charge in [-0.2, -0.15) is 0 Å². The molecular weight excluding hydrogens is 228 g/mol. The van der Waals surface area contributed by atoms with Crippen LogP contribution in [-0.2, 0) is 4.74 Å². The second-order valence-corrected chi connectivity index (χ2v) is 4.60. The van der Waals surface area contributed by atoms with Crippen LogP contribution < -0.4 is 15.8 Å². The van der Waals surface area contributed by atoms with E-state index in [1.54, 1.807) is 0 Å². The molecule has 1 aliphatic rings. The Morgan fingerprint density at radius 2 is 2.22 bits per heavy atom. The maximum Gasteiger partial charge on any atom is 0.144 e. The molecule has 0 aliphatic heterocycles. The minimum absolute atomic E-state index is 0.623. The molecule has 0 unspecified atom stereocenters. The van der Waals surface area contributed by atoms with Gasteiger partial charge in [0.25, 0.3) is 0 Å². The molecule has 0 heterocycles. The van der Waals surface area contributed by atoms with Gasteiger partial charge < -0.3 is 20.5 Å².